The number of hydrogen-bond donors (Lipinski definition) is 0. The van der Waals surface area contributed by atoms with Gasteiger partial charge in [0.05, 0.1) is 9.82 Å². The van der Waals surface area contributed by atoms with Crippen LogP contribution in [0.25, 0.3) is 0 Å². The summed E-state index contributed by atoms with van der Waals surface area (Å²) in [6.07, 6.45) is 0. The van der Waals surface area contributed by atoms with Crippen molar-refractivity contribution in [1.82, 2.24) is 0 Å². The van der Waals surface area contributed by atoms with E-state index < -0.39 is 4.92 Å². The summed E-state index contributed by atoms with van der Waals surface area (Å²) in [4.78, 5) is 11.6. The second kappa shape index (κ2) is 4.09. The van der Waals surface area contributed by atoms with Gasteiger partial charge in [-0.15, -0.1) is 0 Å². The van der Waals surface area contributed by atoms with Crippen LogP contribution in [0.4, 0.5) is 5.69 Å². The average molecular weight is 194 g/mol. The van der Waals surface area contributed by atoms with Crippen LogP contribution in [-0.4, -0.2) is 4.92 Å². The van der Waals surface area contributed by atoms with Crippen molar-refractivity contribution < 1.29 is 4.92 Å². The van der Waals surface area contributed by atoms with E-state index in [1.165, 1.54) is 17.8 Å². The lowest BCUT2D eigenvalue weighted by molar-refractivity contribution is -0.387. The number of thioether (sulfide) groups is 1. The highest BCUT2D eigenvalue weighted by Gasteiger charge is 2.12. The van der Waals surface area contributed by atoms with Crippen molar-refractivity contribution in [3.63, 3.8) is 0 Å². The highest BCUT2D eigenvalue weighted by Crippen LogP contribution is 2.32. The van der Waals surface area contributed by atoms with E-state index in [1.807, 2.05) is 6.92 Å². The van der Waals surface area contributed by atoms with Gasteiger partial charge in [-0.05, 0) is 24.0 Å². The standard InChI is InChI=1S/C9H8NO2S/c1-7(2)13-9-6-4-3-5-8(9)10(11)12/h4-6H,1H2,2H3. The van der Waals surface area contributed by atoms with Crippen LogP contribution in [0.2, 0.25) is 0 Å². The summed E-state index contributed by atoms with van der Waals surface area (Å²) in [7, 11) is 0. The second-order valence-electron chi connectivity index (χ2n) is 2.46. The zero-order valence-electron chi connectivity index (χ0n) is 7.11. The van der Waals surface area contributed by atoms with E-state index >= 15 is 0 Å². The molecule has 1 aromatic rings. The van der Waals surface area contributed by atoms with E-state index in [9.17, 15) is 10.1 Å². The van der Waals surface area contributed by atoms with Crippen LogP contribution in [0.15, 0.2) is 34.6 Å². The molecule has 1 radical (unpaired) electrons. The van der Waals surface area contributed by atoms with E-state index in [0.29, 0.717) is 4.90 Å². The Kier molecular flexibility index (Phi) is 3.08. The fraction of sp³-hybridized carbons (Fsp3) is 0.111. The molecule has 0 N–H and O–H groups in total. The van der Waals surface area contributed by atoms with Gasteiger partial charge in [0.15, 0.2) is 0 Å². The maximum absolute atomic E-state index is 10.5. The van der Waals surface area contributed by atoms with E-state index in [0.717, 1.165) is 4.91 Å². The van der Waals surface area contributed by atoms with Gasteiger partial charge in [0.1, 0.15) is 0 Å². The molecule has 0 aliphatic heterocycles. The van der Waals surface area contributed by atoms with Gasteiger partial charge >= 0.3 is 0 Å². The van der Waals surface area contributed by atoms with Gasteiger partial charge in [-0.3, -0.25) is 10.1 Å². The Hall–Kier alpha value is -1.29. The van der Waals surface area contributed by atoms with Crippen molar-refractivity contribution in [1.29, 1.82) is 0 Å². The van der Waals surface area contributed by atoms with Crippen LogP contribution in [-0.2, 0) is 0 Å². The third kappa shape index (κ3) is 2.59. The Bertz CT molecular complexity index is 349. The summed E-state index contributed by atoms with van der Waals surface area (Å²) in [6.45, 7) is 5.49. The van der Waals surface area contributed by atoms with Crippen molar-refractivity contribution in [3.05, 3.63) is 45.9 Å². The summed E-state index contributed by atoms with van der Waals surface area (Å²) in [5.74, 6) is 0. The number of allylic oxidation sites excluding steroid dienone is 1. The Morgan fingerprint density at radius 1 is 1.77 bits per heavy atom. The molecule has 0 spiro atoms. The van der Waals surface area contributed by atoms with Gasteiger partial charge in [0.25, 0.3) is 5.69 Å². The van der Waals surface area contributed by atoms with E-state index in [1.54, 1.807) is 12.1 Å². The molecule has 0 aliphatic carbocycles. The number of nitro benzene ring substituents is 1. The number of benzene rings is 1. The number of hydrogen-bond acceptors (Lipinski definition) is 3. The number of rotatable bonds is 3. The molecule has 0 unspecified atom stereocenters. The molecule has 67 valence electrons. The molecular weight excluding hydrogens is 186 g/mol. The smallest absolute Gasteiger partial charge is 0.258 e. The highest BCUT2D eigenvalue weighted by atomic mass is 32.2. The van der Waals surface area contributed by atoms with Gasteiger partial charge in [-0.25, -0.2) is 0 Å². The Balaban J connectivity index is 3.04. The van der Waals surface area contributed by atoms with Crippen LogP contribution in [0.5, 0.6) is 0 Å². The van der Waals surface area contributed by atoms with E-state index in [4.69, 9.17) is 0 Å². The van der Waals surface area contributed by atoms with Crippen molar-refractivity contribution in [2.24, 2.45) is 0 Å². The van der Waals surface area contributed by atoms with Crippen molar-refractivity contribution >= 4 is 17.4 Å². The first-order valence-corrected chi connectivity index (χ1v) is 4.41. The predicted octanol–water partition coefficient (Wildman–Crippen LogP) is 3.02. The van der Waals surface area contributed by atoms with Gasteiger partial charge in [0.2, 0.25) is 0 Å². The lowest BCUT2D eigenvalue weighted by atomic mass is 10.3. The Labute approximate surface area is 80.6 Å². The third-order valence-corrected chi connectivity index (χ3v) is 2.20. The highest BCUT2D eigenvalue weighted by molar-refractivity contribution is 8.03. The topological polar surface area (TPSA) is 43.1 Å². The summed E-state index contributed by atoms with van der Waals surface area (Å²) in [5, 5.41) is 10.5. The maximum Gasteiger partial charge on any atom is 0.283 e. The molecule has 0 atom stereocenters. The minimum atomic E-state index is -0.415. The molecule has 0 aliphatic rings. The fourth-order valence-corrected chi connectivity index (χ4v) is 1.57. The Morgan fingerprint density at radius 2 is 2.46 bits per heavy atom. The van der Waals surface area contributed by atoms with Crippen LogP contribution in [0.3, 0.4) is 0 Å². The largest absolute Gasteiger partial charge is 0.283 e. The first-order valence-electron chi connectivity index (χ1n) is 3.59. The number of nitrogens with zero attached hydrogens (tertiary/aromatic N) is 1. The van der Waals surface area contributed by atoms with Gasteiger partial charge in [0, 0.05) is 6.07 Å². The molecule has 1 aromatic carbocycles. The molecular formula is C9H8NO2S. The molecule has 0 saturated carbocycles. The molecule has 0 saturated heterocycles. The zero-order chi connectivity index (χ0) is 9.84. The van der Waals surface area contributed by atoms with E-state index in [2.05, 4.69) is 12.6 Å². The first kappa shape index (κ1) is 9.80. The molecule has 13 heavy (non-hydrogen) atoms. The van der Waals surface area contributed by atoms with Crippen molar-refractivity contribution in [2.45, 2.75) is 11.8 Å². The first-order chi connectivity index (χ1) is 6.11. The lowest BCUT2D eigenvalue weighted by Crippen LogP contribution is -1.89. The van der Waals surface area contributed by atoms with Crippen LogP contribution in [0.1, 0.15) is 6.92 Å². The van der Waals surface area contributed by atoms with Gasteiger partial charge in [-0.1, -0.05) is 24.4 Å². The normalized spacial score (nSPS) is 9.62. The van der Waals surface area contributed by atoms with Crippen LogP contribution < -0.4 is 0 Å². The molecule has 0 aromatic heterocycles. The van der Waals surface area contributed by atoms with Gasteiger partial charge in [-0.2, -0.15) is 0 Å². The SMILES string of the molecule is C=C(C)Sc1cc[c]cc1[N+](=O)[O-]. The van der Waals surface area contributed by atoms with Crippen molar-refractivity contribution in [3.8, 4) is 0 Å². The molecule has 0 heterocycles. The average Bonchev–Trinajstić information content (AvgIpc) is 2.03. The maximum atomic E-state index is 10.5. The molecule has 4 heteroatoms. The summed E-state index contributed by atoms with van der Waals surface area (Å²) < 4.78 is 0. The molecule has 0 bridgehead atoms. The minimum absolute atomic E-state index is 0.0792. The van der Waals surface area contributed by atoms with Crippen LogP contribution >= 0.6 is 11.8 Å². The summed E-state index contributed by atoms with van der Waals surface area (Å²) >= 11 is 1.30. The Morgan fingerprint density at radius 3 is 3.00 bits per heavy atom. The molecule has 0 fully saturated rings. The second-order valence-corrected chi connectivity index (χ2v) is 3.80. The zero-order valence-corrected chi connectivity index (χ0v) is 7.93. The van der Waals surface area contributed by atoms with E-state index in [-0.39, 0.29) is 5.69 Å². The number of nitro groups is 1. The van der Waals surface area contributed by atoms with Crippen molar-refractivity contribution in [2.75, 3.05) is 0 Å². The fourth-order valence-electron chi connectivity index (χ4n) is 0.824. The van der Waals surface area contributed by atoms with Gasteiger partial charge < -0.3 is 0 Å². The summed E-state index contributed by atoms with van der Waals surface area (Å²) in [5.41, 5.74) is 0.0792. The third-order valence-electron chi connectivity index (χ3n) is 1.28. The quantitative estimate of drug-likeness (QED) is 0.422. The monoisotopic (exact) mass is 194 g/mol. The predicted molar refractivity (Wildman–Crippen MR) is 52.6 cm³/mol. The lowest BCUT2D eigenvalue weighted by Gasteiger charge is -2.00. The van der Waals surface area contributed by atoms with Crippen LogP contribution in [0, 0.1) is 16.2 Å². The molecule has 3 nitrogen and oxygen atoms in total. The molecule has 1 rings (SSSR count). The summed E-state index contributed by atoms with van der Waals surface area (Å²) in [6, 6.07) is 7.35. The minimum Gasteiger partial charge on any atom is -0.258 e. The molecule has 0 amide bonds.